The smallest absolute Gasteiger partial charge is 0.245 e. The fourth-order valence-electron chi connectivity index (χ4n) is 7.85. The zero-order chi connectivity index (χ0) is 39.9. The second-order valence-corrected chi connectivity index (χ2v) is 15.7. The second-order valence-electron chi connectivity index (χ2n) is 15.7. The molecule has 4 N–H and O–H groups in total. The molecule has 1 rings (SSSR count). The van der Waals surface area contributed by atoms with Crippen LogP contribution in [0.15, 0.2) is 12.7 Å². The van der Waals surface area contributed by atoms with E-state index in [0.717, 1.165) is 32.1 Å². The van der Waals surface area contributed by atoms with Crippen molar-refractivity contribution in [2.75, 3.05) is 34.9 Å². The van der Waals surface area contributed by atoms with E-state index in [-0.39, 0.29) is 59.8 Å². The first kappa shape index (κ1) is 47.5. The molecule has 2 unspecified atom stereocenters. The minimum atomic E-state index is -0.756. The van der Waals surface area contributed by atoms with Crippen molar-refractivity contribution >= 4 is 23.6 Å². The zero-order valence-electron chi connectivity index (χ0n) is 34.7. The number of hydrogen-bond acceptors (Lipinski definition) is 8. The van der Waals surface area contributed by atoms with E-state index in [1.54, 1.807) is 45.0 Å². The lowest BCUT2D eigenvalue weighted by molar-refractivity contribution is -0.148. The van der Waals surface area contributed by atoms with Gasteiger partial charge in [-0.05, 0) is 63.3 Å². The highest BCUT2D eigenvalue weighted by Gasteiger charge is 2.43. The third-order valence-corrected chi connectivity index (χ3v) is 11.4. The van der Waals surface area contributed by atoms with Crippen molar-refractivity contribution in [3.63, 3.8) is 0 Å². The van der Waals surface area contributed by atoms with Gasteiger partial charge in [0, 0.05) is 27.8 Å². The summed E-state index contributed by atoms with van der Waals surface area (Å²) in [6.07, 6.45) is 4.60. The van der Waals surface area contributed by atoms with Crippen LogP contribution in [0.2, 0.25) is 0 Å². The number of aliphatic hydroxyl groups is 1. The second kappa shape index (κ2) is 23.3. The first-order valence-corrected chi connectivity index (χ1v) is 19.7. The van der Waals surface area contributed by atoms with Crippen molar-refractivity contribution in [2.24, 2.45) is 29.6 Å². The number of nitrogens with zero attached hydrogens (tertiary/aromatic N) is 2. The number of likely N-dealkylation sites (N-methyl/N-ethyl adjacent to an activating group) is 2. The molecule has 1 aliphatic heterocycles. The molecular weight excluding hydrogens is 662 g/mol. The molecule has 52 heavy (non-hydrogen) atoms. The van der Waals surface area contributed by atoms with Gasteiger partial charge in [0.05, 0.1) is 54.8 Å². The molecule has 0 aromatic heterocycles. The van der Waals surface area contributed by atoms with Crippen LogP contribution < -0.4 is 16.0 Å². The summed E-state index contributed by atoms with van der Waals surface area (Å²) in [5.74, 6) is -1.51. The molecule has 1 heterocycles. The average molecular weight is 738 g/mol. The lowest BCUT2D eigenvalue weighted by atomic mass is 9.89. The summed E-state index contributed by atoms with van der Waals surface area (Å²) >= 11 is 0. The Morgan fingerprint density at radius 3 is 2.04 bits per heavy atom. The van der Waals surface area contributed by atoms with Crippen LogP contribution >= 0.6 is 0 Å². The van der Waals surface area contributed by atoms with Crippen molar-refractivity contribution in [1.82, 2.24) is 25.8 Å². The number of rotatable bonds is 24. The number of likely N-dealkylation sites (tertiary alicyclic amines) is 1. The van der Waals surface area contributed by atoms with Gasteiger partial charge >= 0.3 is 0 Å². The van der Waals surface area contributed by atoms with Crippen molar-refractivity contribution in [1.29, 1.82) is 0 Å². The van der Waals surface area contributed by atoms with Crippen LogP contribution in [-0.2, 0) is 28.7 Å². The Kier molecular flexibility index (Phi) is 21.3. The van der Waals surface area contributed by atoms with Gasteiger partial charge in [-0.3, -0.25) is 19.2 Å². The highest BCUT2D eigenvalue weighted by atomic mass is 16.5. The molecule has 0 spiro atoms. The zero-order valence-corrected chi connectivity index (χ0v) is 34.7. The molecule has 1 saturated heterocycles. The van der Waals surface area contributed by atoms with Crippen molar-refractivity contribution in [3.8, 4) is 0 Å². The number of allylic oxidation sites excluding steroid dienone is 1. The molecular formula is C40H75N5O7. The third kappa shape index (κ3) is 12.8. The van der Waals surface area contributed by atoms with Gasteiger partial charge in [0.15, 0.2) is 0 Å². The molecule has 12 heteroatoms. The van der Waals surface area contributed by atoms with E-state index in [2.05, 4.69) is 22.5 Å². The maximum absolute atomic E-state index is 14.1. The van der Waals surface area contributed by atoms with Crippen molar-refractivity contribution < 1.29 is 33.8 Å². The number of nitrogens with one attached hydrogen (secondary N) is 3. The fourth-order valence-corrected chi connectivity index (χ4v) is 7.85. The molecule has 0 bridgehead atoms. The van der Waals surface area contributed by atoms with Gasteiger partial charge in [0.1, 0.15) is 6.04 Å². The molecule has 11 atom stereocenters. The number of amides is 4. The van der Waals surface area contributed by atoms with Gasteiger partial charge in [0.25, 0.3) is 0 Å². The molecule has 1 aliphatic rings. The monoisotopic (exact) mass is 738 g/mol. The molecule has 0 radical (unpaired) electrons. The first-order valence-electron chi connectivity index (χ1n) is 19.7. The van der Waals surface area contributed by atoms with Crippen molar-refractivity contribution in [3.05, 3.63) is 12.7 Å². The number of methoxy groups -OCH3 is 2. The Bertz CT molecular complexity index is 1120. The number of carbonyl (C=O) groups excluding carboxylic acids is 4. The SMILES string of the molecule is C=CCC[C@@H](CC)[C@H](O)C(C)NC(=O)[C@H](C)[C@@H](OC)[C@@H]1CCCN1C(=O)CC(OC)[C@H]([C@@H](C)CC)N(C)C(=O)[C@@H](NC(=O)[C@@H](NC)C(C)C)C(C)C. The predicted molar refractivity (Wildman–Crippen MR) is 207 cm³/mol. The van der Waals surface area contributed by atoms with Crippen molar-refractivity contribution in [2.45, 2.75) is 156 Å². The van der Waals surface area contributed by atoms with Gasteiger partial charge in [-0.15, -0.1) is 6.58 Å². The van der Waals surface area contributed by atoms with Crippen LogP contribution in [-0.4, -0.2) is 122 Å². The number of ether oxygens (including phenoxy) is 2. The van der Waals surface area contributed by atoms with E-state index >= 15 is 0 Å². The van der Waals surface area contributed by atoms with E-state index < -0.39 is 48.4 Å². The Hall–Kier alpha value is -2.54. The molecule has 0 aliphatic carbocycles. The van der Waals surface area contributed by atoms with E-state index in [1.807, 2.05) is 61.5 Å². The maximum atomic E-state index is 14.1. The average Bonchev–Trinajstić information content (AvgIpc) is 3.59. The molecule has 302 valence electrons. The van der Waals surface area contributed by atoms with Gasteiger partial charge in [-0.2, -0.15) is 0 Å². The molecule has 0 aromatic carbocycles. The largest absolute Gasteiger partial charge is 0.391 e. The Balaban J connectivity index is 3.21. The molecule has 1 fully saturated rings. The summed E-state index contributed by atoms with van der Waals surface area (Å²) in [7, 11) is 6.60. The maximum Gasteiger partial charge on any atom is 0.245 e. The number of carbonyl (C=O) groups is 4. The van der Waals surface area contributed by atoms with Crippen LogP contribution in [0.25, 0.3) is 0 Å². The minimum Gasteiger partial charge on any atom is -0.391 e. The van der Waals surface area contributed by atoms with Gasteiger partial charge in [0.2, 0.25) is 23.6 Å². The standard InChI is InChI=1S/C40H75N5O7/c1-15-18-20-29(17-3)36(47)28(10)42-38(48)27(9)37(52-14)30-21-19-22-45(30)32(46)23-31(51-13)35(26(8)16-2)44(12)40(50)34(25(6)7)43-39(49)33(41-11)24(4)5/h15,24-31,33-37,41,47H,1,16-23H2,2-14H3,(H,42,48)(H,43,49)/t26-,27+,28?,29+,30-,31?,33-,34-,35-,36+,37+/m0/s1. The third-order valence-electron chi connectivity index (χ3n) is 11.4. The van der Waals surface area contributed by atoms with E-state index in [4.69, 9.17) is 9.47 Å². The summed E-state index contributed by atoms with van der Waals surface area (Å²) in [6.45, 7) is 21.8. The summed E-state index contributed by atoms with van der Waals surface area (Å²) in [5, 5.41) is 20.0. The summed E-state index contributed by atoms with van der Waals surface area (Å²) in [5.41, 5.74) is 0. The van der Waals surface area contributed by atoms with Crippen LogP contribution in [0.3, 0.4) is 0 Å². The minimum absolute atomic E-state index is 0.0119. The van der Waals surface area contributed by atoms with Crippen LogP contribution in [0.4, 0.5) is 0 Å². The van der Waals surface area contributed by atoms with E-state index in [1.165, 1.54) is 0 Å². The Morgan fingerprint density at radius 2 is 1.56 bits per heavy atom. The highest BCUT2D eigenvalue weighted by molar-refractivity contribution is 5.90. The first-order chi connectivity index (χ1) is 24.5. The van der Waals surface area contributed by atoms with Gasteiger partial charge in [-0.1, -0.05) is 74.3 Å². The summed E-state index contributed by atoms with van der Waals surface area (Å²) in [6, 6.07) is -2.41. The summed E-state index contributed by atoms with van der Waals surface area (Å²) in [4.78, 5) is 58.5. The fraction of sp³-hybridized carbons (Fsp3) is 0.850. The van der Waals surface area contributed by atoms with Gasteiger partial charge in [-0.25, -0.2) is 0 Å². The summed E-state index contributed by atoms with van der Waals surface area (Å²) < 4.78 is 11.9. The normalized spacial score (nSPS) is 20.6. The molecule has 12 nitrogen and oxygen atoms in total. The lowest BCUT2D eigenvalue weighted by Gasteiger charge is -2.41. The quantitative estimate of drug-likeness (QED) is 0.108. The highest BCUT2D eigenvalue weighted by Crippen LogP contribution is 2.30. The van der Waals surface area contributed by atoms with Crippen LogP contribution in [0.5, 0.6) is 0 Å². The van der Waals surface area contributed by atoms with E-state index in [9.17, 15) is 24.3 Å². The van der Waals surface area contributed by atoms with Gasteiger partial charge < -0.3 is 40.3 Å². The van der Waals surface area contributed by atoms with Crippen LogP contribution in [0.1, 0.15) is 107 Å². The Morgan fingerprint density at radius 1 is 0.942 bits per heavy atom. The molecule has 4 amide bonds. The lowest BCUT2D eigenvalue weighted by Crippen LogP contribution is -2.59. The Labute approximate surface area is 315 Å². The molecule has 0 saturated carbocycles. The number of hydrogen-bond donors (Lipinski definition) is 4. The molecule has 0 aromatic rings. The van der Waals surface area contributed by atoms with E-state index in [0.29, 0.717) is 13.0 Å². The predicted octanol–water partition coefficient (Wildman–Crippen LogP) is 4.15. The van der Waals surface area contributed by atoms with Crippen LogP contribution in [0, 0.1) is 29.6 Å². The number of aliphatic hydroxyl groups excluding tert-OH is 1. The topological polar surface area (TPSA) is 150 Å².